The van der Waals surface area contributed by atoms with Crippen molar-refractivity contribution in [1.82, 2.24) is 15.3 Å². The van der Waals surface area contributed by atoms with E-state index < -0.39 is 5.60 Å². The molecule has 1 N–H and O–H groups in total. The van der Waals surface area contributed by atoms with Crippen molar-refractivity contribution in [3.8, 4) is 0 Å². The molecule has 204 valence electrons. The first-order valence-corrected chi connectivity index (χ1v) is 14.3. The first-order valence-electron chi connectivity index (χ1n) is 14.3. The quantitative estimate of drug-likeness (QED) is 0.436. The Balaban J connectivity index is 1.15. The molecule has 3 aromatic rings. The minimum atomic E-state index is -0.528. The summed E-state index contributed by atoms with van der Waals surface area (Å²) in [6.45, 7) is 8.48. The first kappa shape index (κ1) is 25.7. The third kappa shape index (κ3) is 5.19. The zero-order chi connectivity index (χ0) is 27.0. The lowest BCUT2D eigenvalue weighted by Crippen LogP contribution is -2.48. The van der Waals surface area contributed by atoms with Crippen molar-refractivity contribution < 1.29 is 9.53 Å². The van der Waals surface area contributed by atoms with E-state index in [1.807, 2.05) is 33.2 Å². The molecule has 0 radical (unpaired) electrons. The molecule has 2 saturated heterocycles. The molecule has 0 unspecified atom stereocenters. The van der Waals surface area contributed by atoms with Gasteiger partial charge in [-0.2, -0.15) is 0 Å². The number of fused-ring (bicyclic) bond motifs is 1. The Labute approximate surface area is 231 Å². The summed E-state index contributed by atoms with van der Waals surface area (Å²) in [7, 11) is 0. The van der Waals surface area contributed by atoms with Crippen LogP contribution in [0.15, 0.2) is 67.0 Å². The highest BCUT2D eigenvalue weighted by Crippen LogP contribution is 2.52. The third-order valence-corrected chi connectivity index (χ3v) is 8.62. The molecule has 6 rings (SSSR count). The molecule has 2 fully saturated rings. The Hall–Kier alpha value is -3.61. The summed E-state index contributed by atoms with van der Waals surface area (Å²) >= 11 is 0. The van der Waals surface area contributed by atoms with Crippen LogP contribution in [0, 0.1) is 5.41 Å². The summed E-state index contributed by atoms with van der Waals surface area (Å²) < 4.78 is 5.65. The van der Waals surface area contributed by atoms with E-state index in [0.717, 1.165) is 63.4 Å². The topological polar surface area (TPSA) is 70.6 Å². The van der Waals surface area contributed by atoms with Gasteiger partial charge in [0.05, 0.1) is 24.5 Å². The monoisotopic (exact) mass is 525 g/mol. The number of carbonyl (C=O) groups is 1. The van der Waals surface area contributed by atoms with Gasteiger partial charge in [-0.05, 0) is 69.6 Å². The smallest absolute Gasteiger partial charge is 0.408 e. The molecule has 1 aromatic heterocycles. The zero-order valence-electron chi connectivity index (χ0n) is 23.3. The number of hydrogen-bond acceptors (Lipinski definition) is 6. The van der Waals surface area contributed by atoms with Gasteiger partial charge in [0.15, 0.2) is 0 Å². The molecule has 3 aliphatic rings. The Morgan fingerprint density at radius 2 is 1.64 bits per heavy atom. The SMILES string of the molecule is CC(C)(C)OC(=O)N[C@@H]1c2ccccc2CC12CCN(c1cnc(N3CCC[C@@H]3c3ccccc3)cn1)CC2. The van der Waals surface area contributed by atoms with Crippen LogP contribution >= 0.6 is 0 Å². The van der Waals surface area contributed by atoms with Gasteiger partial charge < -0.3 is 19.9 Å². The lowest BCUT2D eigenvalue weighted by molar-refractivity contribution is 0.0428. The van der Waals surface area contributed by atoms with Crippen molar-refractivity contribution in [3.05, 3.63) is 83.7 Å². The second-order valence-electron chi connectivity index (χ2n) is 12.3. The number of nitrogens with one attached hydrogen (secondary N) is 1. The summed E-state index contributed by atoms with van der Waals surface area (Å²) in [6.07, 6.45) is 8.75. The van der Waals surface area contributed by atoms with Crippen molar-refractivity contribution in [2.75, 3.05) is 29.4 Å². The van der Waals surface area contributed by atoms with Gasteiger partial charge in [0.1, 0.15) is 17.2 Å². The van der Waals surface area contributed by atoms with Crippen LogP contribution in [0.4, 0.5) is 16.4 Å². The minimum absolute atomic E-state index is 0.0249. The molecular formula is C32H39N5O2. The molecule has 1 aliphatic carbocycles. The first-order chi connectivity index (χ1) is 18.8. The average molecular weight is 526 g/mol. The highest BCUT2D eigenvalue weighted by molar-refractivity contribution is 5.69. The van der Waals surface area contributed by atoms with E-state index in [4.69, 9.17) is 14.7 Å². The molecule has 1 amide bonds. The van der Waals surface area contributed by atoms with E-state index in [2.05, 4.69) is 69.7 Å². The predicted molar refractivity (Wildman–Crippen MR) is 154 cm³/mol. The number of nitrogens with zero attached hydrogens (tertiary/aromatic N) is 4. The number of rotatable bonds is 4. The van der Waals surface area contributed by atoms with Crippen LogP contribution in [0.2, 0.25) is 0 Å². The van der Waals surface area contributed by atoms with Crippen molar-refractivity contribution in [2.45, 2.75) is 70.6 Å². The van der Waals surface area contributed by atoms with Crippen LogP contribution in [0.3, 0.4) is 0 Å². The fraction of sp³-hybridized carbons (Fsp3) is 0.469. The summed E-state index contributed by atoms with van der Waals surface area (Å²) in [5, 5.41) is 3.25. The van der Waals surface area contributed by atoms with Gasteiger partial charge >= 0.3 is 6.09 Å². The van der Waals surface area contributed by atoms with Crippen molar-refractivity contribution >= 4 is 17.7 Å². The van der Waals surface area contributed by atoms with Crippen LogP contribution in [0.1, 0.15) is 75.2 Å². The van der Waals surface area contributed by atoms with E-state index in [-0.39, 0.29) is 17.6 Å². The van der Waals surface area contributed by atoms with E-state index in [1.54, 1.807) is 0 Å². The second-order valence-corrected chi connectivity index (χ2v) is 12.3. The van der Waals surface area contributed by atoms with Gasteiger partial charge in [-0.25, -0.2) is 14.8 Å². The summed E-state index contributed by atoms with van der Waals surface area (Å²) in [5.41, 5.74) is 3.34. The molecule has 7 heteroatoms. The van der Waals surface area contributed by atoms with Crippen molar-refractivity contribution in [3.63, 3.8) is 0 Å². The lowest BCUT2D eigenvalue weighted by Gasteiger charge is -2.43. The molecular weight excluding hydrogens is 486 g/mol. The van der Waals surface area contributed by atoms with E-state index >= 15 is 0 Å². The number of amides is 1. The molecule has 2 aromatic carbocycles. The van der Waals surface area contributed by atoms with Gasteiger partial charge in [0.2, 0.25) is 0 Å². The molecule has 0 saturated carbocycles. The van der Waals surface area contributed by atoms with Crippen molar-refractivity contribution in [1.29, 1.82) is 0 Å². The van der Waals surface area contributed by atoms with Crippen LogP contribution in [0.25, 0.3) is 0 Å². The highest BCUT2D eigenvalue weighted by atomic mass is 16.6. The maximum Gasteiger partial charge on any atom is 0.408 e. The molecule has 39 heavy (non-hydrogen) atoms. The Morgan fingerprint density at radius 1 is 0.949 bits per heavy atom. The molecule has 7 nitrogen and oxygen atoms in total. The normalized spacial score (nSPS) is 22.1. The summed E-state index contributed by atoms with van der Waals surface area (Å²) in [6, 6.07) is 19.5. The fourth-order valence-corrected chi connectivity index (χ4v) is 6.78. The number of alkyl carbamates (subject to hydrolysis) is 1. The predicted octanol–water partition coefficient (Wildman–Crippen LogP) is 6.23. The third-order valence-electron chi connectivity index (χ3n) is 8.62. The Kier molecular flexibility index (Phi) is 6.69. The number of aromatic nitrogens is 2. The van der Waals surface area contributed by atoms with Gasteiger partial charge in [0, 0.05) is 25.0 Å². The van der Waals surface area contributed by atoms with Gasteiger partial charge in [-0.15, -0.1) is 0 Å². The average Bonchev–Trinajstić information content (AvgIpc) is 3.53. The number of ether oxygens (including phenoxy) is 1. The van der Waals surface area contributed by atoms with Gasteiger partial charge in [-0.3, -0.25) is 0 Å². The maximum atomic E-state index is 12.8. The molecule has 2 aliphatic heterocycles. The number of piperidine rings is 1. The van der Waals surface area contributed by atoms with Crippen molar-refractivity contribution in [2.24, 2.45) is 5.41 Å². The standard InChI is InChI=1S/C32H39N5O2/c1-31(2,3)39-30(38)35-29-25-13-8-7-12-24(25)20-32(29)15-18-36(19-16-32)27-21-34-28(22-33-27)37-17-9-14-26(37)23-10-5-4-6-11-23/h4-8,10-13,21-22,26,29H,9,14-20H2,1-3H3,(H,35,38)/t26-,29-/m1/s1. The molecule has 2 atom stereocenters. The largest absolute Gasteiger partial charge is 0.444 e. The second kappa shape index (κ2) is 10.2. The maximum absolute atomic E-state index is 12.8. The molecule has 3 heterocycles. The minimum Gasteiger partial charge on any atom is -0.444 e. The molecule has 1 spiro atoms. The van der Waals surface area contributed by atoms with E-state index in [0.29, 0.717) is 6.04 Å². The lowest BCUT2D eigenvalue weighted by atomic mass is 9.72. The van der Waals surface area contributed by atoms with Gasteiger partial charge in [0.25, 0.3) is 0 Å². The van der Waals surface area contributed by atoms with Crippen LogP contribution in [-0.4, -0.2) is 41.3 Å². The Bertz CT molecular complexity index is 1300. The molecule has 0 bridgehead atoms. The summed E-state index contributed by atoms with van der Waals surface area (Å²) in [4.78, 5) is 27.3. The Morgan fingerprint density at radius 3 is 2.36 bits per heavy atom. The zero-order valence-corrected chi connectivity index (χ0v) is 23.3. The van der Waals surface area contributed by atoms with Crippen LogP contribution < -0.4 is 15.1 Å². The summed E-state index contributed by atoms with van der Waals surface area (Å²) in [5.74, 6) is 1.88. The van der Waals surface area contributed by atoms with E-state index in [1.165, 1.54) is 16.7 Å². The van der Waals surface area contributed by atoms with Crippen LogP contribution in [0.5, 0.6) is 0 Å². The number of hydrogen-bond donors (Lipinski definition) is 1. The number of anilines is 2. The van der Waals surface area contributed by atoms with E-state index in [9.17, 15) is 4.79 Å². The number of carbonyl (C=O) groups excluding carboxylic acids is 1. The van der Waals surface area contributed by atoms with Crippen LogP contribution in [-0.2, 0) is 11.2 Å². The number of benzene rings is 2. The fourth-order valence-electron chi connectivity index (χ4n) is 6.78. The highest BCUT2D eigenvalue weighted by Gasteiger charge is 2.48. The van der Waals surface area contributed by atoms with Gasteiger partial charge in [-0.1, -0.05) is 54.6 Å².